The SMILES string of the molecule is CCCCc1c(Cl)n(CCC)c(=O)n1Cc1ccc(-c2ccccc2-c2nnn[nH]2)nc1. The molecule has 0 radical (unpaired) electrons. The van der Waals surface area contributed by atoms with E-state index in [2.05, 4.69) is 32.5 Å². The lowest BCUT2D eigenvalue weighted by Crippen LogP contribution is -2.25. The van der Waals surface area contributed by atoms with E-state index in [1.54, 1.807) is 9.13 Å². The van der Waals surface area contributed by atoms with Gasteiger partial charge in [0, 0.05) is 23.9 Å². The van der Waals surface area contributed by atoms with Crippen LogP contribution in [0.25, 0.3) is 22.6 Å². The van der Waals surface area contributed by atoms with E-state index >= 15 is 0 Å². The van der Waals surface area contributed by atoms with Gasteiger partial charge in [0.05, 0.1) is 17.9 Å². The highest BCUT2D eigenvalue weighted by atomic mass is 35.5. The second-order valence-electron chi connectivity index (χ2n) is 7.71. The molecule has 0 aliphatic carbocycles. The number of benzene rings is 1. The first kappa shape index (κ1) is 22.0. The number of nitrogens with zero attached hydrogens (tertiary/aromatic N) is 6. The summed E-state index contributed by atoms with van der Waals surface area (Å²) in [7, 11) is 0. The molecule has 0 aliphatic heterocycles. The molecule has 3 heterocycles. The van der Waals surface area contributed by atoms with Gasteiger partial charge in [0.15, 0.2) is 5.82 Å². The molecular weight excluding hydrogens is 426 g/mol. The number of hydrogen-bond donors (Lipinski definition) is 1. The third-order valence-corrected chi connectivity index (χ3v) is 5.87. The smallest absolute Gasteiger partial charge is 0.290 e. The van der Waals surface area contributed by atoms with Crippen molar-refractivity contribution in [2.45, 2.75) is 52.6 Å². The summed E-state index contributed by atoms with van der Waals surface area (Å²) in [6.45, 7) is 5.24. The van der Waals surface area contributed by atoms with Gasteiger partial charge in [-0.3, -0.25) is 14.1 Å². The van der Waals surface area contributed by atoms with Gasteiger partial charge in [-0.15, -0.1) is 5.10 Å². The zero-order valence-corrected chi connectivity index (χ0v) is 19.0. The van der Waals surface area contributed by atoms with Crippen molar-refractivity contribution in [3.05, 3.63) is 69.5 Å². The molecule has 9 heteroatoms. The average molecular weight is 452 g/mol. The van der Waals surface area contributed by atoms with E-state index in [9.17, 15) is 4.79 Å². The van der Waals surface area contributed by atoms with Crippen molar-refractivity contribution >= 4 is 11.6 Å². The summed E-state index contributed by atoms with van der Waals surface area (Å²) in [4.78, 5) is 17.7. The van der Waals surface area contributed by atoms with Crippen molar-refractivity contribution < 1.29 is 0 Å². The molecular formula is C23H26ClN7O. The Morgan fingerprint density at radius 3 is 2.50 bits per heavy atom. The van der Waals surface area contributed by atoms with Crippen molar-refractivity contribution in [1.29, 1.82) is 0 Å². The summed E-state index contributed by atoms with van der Waals surface area (Å²) in [5, 5.41) is 14.7. The quantitative estimate of drug-likeness (QED) is 0.408. The number of H-pyrrole nitrogens is 1. The van der Waals surface area contributed by atoms with Crippen LogP contribution in [0.5, 0.6) is 0 Å². The molecule has 1 aromatic carbocycles. The van der Waals surface area contributed by atoms with E-state index in [0.29, 0.717) is 24.1 Å². The van der Waals surface area contributed by atoms with Gasteiger partial charge >= 0.3 is 5.69 Å². The zero-order valence-electron chi connectivity index (χ0n) is 18.3. The zero-order chi connectivity index (χ0) is 22.5. The highest BCUT2D eigenvalue weighted by molar-refractivity contribution is 6.30. The lowest BCUT2D eigenvalue weighted by molar-refractivity contribution is 0.617. The van der Waals surface area contributed by atoms with Gasteiger partial charge in [-0.25, -0.2) is 9.89 Å². The highest BCUT2D eigenvalue weighted by Crippen LogP contribution is 2.28. The van der Waals surface area contributed by atoms with E-state index in [4.69, 9.17) is 11.6 Å². The summed E-state index contributed by atoms with van der Waals surface area (Å²) >= 11 is 6.59. The highest BCUT2D eigenvalue weighted by Gasteiger charge is 2.18. The number of halogens is 1. The van der Waals surface area contributed by atoms with Crippen molar-refractivity contribution in [1.82, 2.24) is 34.7 Å². The largest absolute Gasteiger partial charge is 0.329 e. The van der Waals surface area contributed by atoms with Crippen LogP contribution in [0.1, 0.15) is 44.4 Å². The lowest BCUT2D eigenvalue weighted by Gasteiger charge is -2.09. The Morgan fingerprint density at radius 1 is 1.03 bits per heavy atom. The number of aromatic amines is 1. The van der Waals surface area contributed by atoms with Crippen LogP contribution < -0.4 is 5.69 Å². The fourth-order valence-electron chi connectivity index (χ4n) is 3.82. The summed E-state index contributed by atoms with van der Waals surface area (Å²) in [5.41, 5.74) is 4.39. The molecule has 0 spiro atoms. The number of rotatable bonds is 9. The minimum absolute atomic E-state index is 0.0600. The summed E-state index contributed by atoms with van der Waals surface area (Å²) in [5.74, 6) is 0.588. The Kier molecular flexibility index (Phi) is 6.80. The fourth-order valence-corrected chi connectivity index (χ4v) is 4.17. The predicted octanol–water partition coefficient (Wildman–Crippen LogP) is 4.35. The fraction of sp³-hybridized carbons (Fsp3) is 0.348. The van der Waals surface area contributed by atoms with E-state index in [1.807, 2.05) is 49.5 Å². The molecule has 0 amide bonds. The van der Waals surface area contributed by atoms with Crippen LogP contribution in [0.15, 0.2) is 47.4 Å². The van der Waals surface area contributed by atoms with Gasteiger partial charge < -0.3 is 0 Å². The Hall–Kier alpha value is -3.26. The van der Waals surface area contributed by atoms with Crippen LogP contribution in [-0.4, -0.2) is 34.7 Å². The van der Waals surface area contributed by atoms with Crippen molar-refractivity contribution in [2.24, 2.45) is 0 Å². The van der Waals surface area contributed by atoms with Gasteiger partial charge in [0.25, 0.3) is 0 Å². The second kappa shape index (κ2) is 9.91. The molecule has 4 rings (SSSR count). The Labute approximate surface area is 191 Å². The van der Waals surface area contributed by atoms with Gasteiger partial charge in [0.1, 0.15) is 5.15 Å². The third-order valence-electron chi connectivity index (χ3n) is 5.45. The van der Waals surface area contributed by atoms with Crippen LogP contribution in [-0.2, 0) is 19.5 Å². The molecule has 0 bridgehead atoms. The van der Waals surface area contributed by atoms with Crippen molar-refractivity contribution in [3.8, 4) is 22.6 Å². The number of tetrazole rings is 1. The maximum Gasteiger partial charge on any atom is 0.329 e. The summed E-state index contributed by atoms with van der Waals surface area (Å²) in [6.07, 6.45) is 5.48. The molecule has 0 fully saturated rings. The topological polar surface area (TPSA) is 94.3 Å². The second-order valence-corrected chi connectivity index (χ2v) is 8.07. The van der Waals surface area contributed by atoms with Gasteiger partial charge in [-0.05, 0) is 41.3 Å². The first-order valence-electron chi connectivity index (χ1n) is 10.9. The van der Waals surface area contributed by atoms with Crippen LogP contribution in [0.3, 0.4) is 0 Å². The van der Waals surface area contributed by atoms with Gasteiger partial charge in [-0.2, -0.15) is 0 Å². The molecule has 0 atom stereocenters. The molecule has 0 saturated heterocycles. The standard InChI is InChI=1S/C23H26ClN7O/c1-3-5-10-20-21(24)30(13-4-2)23(32)31(20)15-16-11-12-19(25-14-16)17-8-6-7-9-18(17)22-26-28-29-27-22/h6-9,11-12,14H,3-5,10,13,15H2,1-2H3,(H,26,27,28,29). The van der Waals surface area contributed by atoms with Crippen LogP contribution in [0, 0.1) is 0 Å². The number of imidazole rings is 1. The average Bonchev–Trinajstić information content (AvgIpc) is 3.43. The van der Waals surface area contributed by atoms with Crippen LogP contribution in [0.4, 0.5) is 0 Å². The monoisotopic (exact) mass is 451 g/mol. The first-order valence-corrected chi connectivity index (χ1v) is 11.3. The normalized spacial score (nSPS) is 11.2. The van der Waals surface area contributed by atoms with Crippen molar-refractivity contribution in [2.75, 3.05) is 0 Å². The van der Waals surface area contributed by atoms with E-state index < -0.39 is 0 Å². The van der Waals surface area contributed by atoms with Crippen molar-refractivity contribution in [3.63, 3.8) is 0 Å². The molecule has 0 unspecified atom stereocenters. The molecule has 166 valence electrons. The van der Waals surface area contributed by atoms with E-state index in [-0.39, 0.29) is 5.69 Å². The van der Waals surface area contributed by atoms with Gasteiger partial charge in [-0.1, -0.05) is 62.2 Å². The number of nitrogens with one attached hydrogen (secondary N) is 1. The molecule has 8 nitrogen and oxygen atoms in total. The molecule has 1 N–H and O–H groups in total. The predicted molar refractivity (Wildman–Crippen MR) is 125 cm³/mol. The molecule has 4 aromatic rings. The summed E-state index contributed by atoms with van der Waals surface area (Å²) in [6, 6.07) is 11.8. The maximum absolute atomic E-state index is 13.0. The third kappa shape index (κ3) is 4.36. The summed E-state index contributed by atoms with van der Waals surface area (Å²) < 4.78 is 3.47. The minimum atomic E-state index is -0.0600. The number of hydrogen-bond acceptors (Lipinski definition) is 5. The van der Waals surface area contributed by atoms with Crippen LogP contribution >= 0.6 is 11.6 Å². The Morgan fingerprint density at radius 2 is 1.84 bits per heavy atom. The Balaban J connectivity index is 1.65. The number of aromatic nitrogens is 7. The molecule has 32 heavy (non-hydrogen) atoms. The van der Waals surface area contributed by atoms with Gasteiger partial charge in [0.2, 0.25) is 0 Å². The first-order chi connectivity index (χ1) is 15.6. The van der Waals surface area contributed by atoms with Crippen LogP contribution in [0.2, 0.25) is 5.15 Å². The van der Waals surface area contributed by atoms with E-state index in [1.165, 1.54) is 0 Å². The van der Waals surface area contributed by atoms with E-state index in [0.717, 1.165) is 53.8 Å². The maximum atomic E-state index is 13.0. The molecule has 0 saturated carbocycles. The number of unbranched alkanes of at least 4 members (excludes halogenated alkanes) is 1. The lowest BCUT2D eigenvalue weighted by atomic mass is 10.0. The molecule has 0 aliphatic rings. The molecule has 3 aromatic heterocycles. The Bertz CT molecular complexity index is 1230. The minimum Gasteiger partial charge on any atom is -0.290 e. The number of pyridine rings is 1.